The second-order valence-electron chi connectivity index (χ2n) is 8.46. The second-order valence-corrected chi connectivity index (χ2v) is 9.32. The maximum Gasteiger partial charge on any atom is 0.387 e. The fourth-order valence-electron chi connectivity index (χ4n) is 4.36. The number of thiazole rings is 1. The number of aromatic nitrogens is 2. The standard InChI is InChI=1S/C20H19F4N5O4S/c1-9-2-11(33-16(21)22)4-26-13(9)14(30)27-12-6-34-15(28-12)19-8-32-18(7-20(18,23)24)3-10(19)5-31-17(25)29-19/h2,4,6,10,16H,3,5,7-8H2,1H3,(H2,25,29)(H,27,30)/t10-,18?,19-/m0/s1. The van der Waals surface area contributed by atoms with Crippen LogP contribution in [0.2, 0.25) is 0 Å². The van der Waals surface area contributed by atoms with Crippen molar-refractivity contribution < 1.29 is 36.6 Å². The number of hydrogen-bond acceptors (Lipinski definition) is 9. The number of nitrogens with two attached hydrogens (primary N) is 1. The predicted octanol–water partition coefficient (Wildman–Crippen LogP) is 3.05. The Bertz CT molecular complexity index is 1180. The summed E-state index contributed by atoms with van der Waals surface area (Å²) < 4.78 is 67.8. The summed E-state index contributed by atoms with van der Waals surface area (Å²) in [6.45, 7) is -1.54. The summed E-state index contributed by atoms with van der Waals surface area (Å²) >= 11 is 1.17. The molecule has 3 atom stereocenters. The molecular weight excluding hydrogens is 482 g/mol. The van der Waals surface area contributed by atoms with Gasteiger partial charge in [-0.25, -0.2) is 23.7 Å². The highest BCUT2D eigenvalue weighted by molar-refractivity contribution is 7.10. The highest BCUT2D eigenvalue weighted by Crippen LogP contribution is 2.63. The van der Waals surface area contributed by atoms with E-state index < -0.39 is 35.5 Å². The van der Waals surface area contributed by atoms with Crippen LogP contribution in [-0.2, 0) is 15.0 Å². The average Bonchev–Trinajstić information content (AvgIpc) is 3.07. The number of hydrogen-bond donors (Lipinski definition) is 2. The number of anilines is 1. The third kappa shape index (κ3) is 3.74. The Hall–Kier alpha value is -3.00. The first-order valence-corrected chi connectivity index (χ1v) is 11.1. The fourth-order valence-corrected chi connectivity index (χ4v) is 5.32. The largest absolute Gasteiger partial charge is 0.465 e. The van der Waals surface area contributed by atoms with Gasteiger partial charge >= 0.3 is 6.61 Å². The average molecular weight is 501 g/mol. The lowest BCUT2D eigenvalue weighted by Crippen LogP contribution is -2.53. The van der Waals surface area contributed by atoms with Crippen molar-refractivity contribution in [2.75, 3.05) is 18.5 Å². The van der Waals surface area contributed by atoms with Crippen molar-refractivity contribution in [2.45, 2.75) is 43.4 Å². The van der Waals surface area contributed by atoms with Crippen molar-refractivity contribution in [1.82, 2.24) is 9.97 Å². The van der Waals surface area contributed by atoms with E-state index in [0.717, 1.165) is 6.20 Å². The molecule has 0 radical (unpaired) electrons. The van der Waals surface area contributed by atoms with Gasteiger partial charge < -0.3 is 25.3 Å². The Morgan fingerprint density at radius 2 is 2.18 bits per heavy atom. The summed E-state index contributed by atoms with van der Waals surface area (Å²) in [6.07, 6.45) is 0.707. The lowest BCUT2D eigenvalue weighted by Gasteiger charge is -2.44. The van der Waals surface area contributed by atoms with E-state index in [1.54, 1.807) is 5.38 Å². The molecule has 4 heterocycles. The van der Waals surface area contributed by atoms with Gasteiger partial charge in [-0.05, 0) is 25.0 Å². The van der Waals surface area contributed by atoms with Gasteiger partial charge in [0.15, 0.2) is 0 Å². The number of nitrogens with one attached hydrogen (secondary N) is 1. The molecule has 1 amide bonds. The van der Waals surface area contributed by atoms with Crippen molar-refractivity contribution in [3.05, 3.63) is 33.9 Å². The number of amidine groups is 1. The topological polar surface area (TPSA) is 121 Å². The van der Waals surface area contributed by atoms with Crippen LogP contribution in [0.3, 0.4) is 0 Å². The van der Waals surface area contributed by atoms with E-state index in [0.29, 0.717) is 10.6 Å². The number of alkyl halides is 4. The summed E-state index contributed by atoms with van der Waals surface area (Å²) in [6, 6.07) is 1.18. The molecule has 2 aromatic rings. The molecule has 0 aromatic carbocycles. The number of pyridine rings is 1. The number of aliphatic imine (C=N–C) groups is 1. The van der Waals surface area contributed by atoms with Gasteiger partial charge in [0.2, 0.25) is 0 Å². The van der Waals surface area contributed by atoms with Gasteiger partial charge in [0.25, 0.3) is 17.9 Å². The molecule has 9 nitrogen and oxygen atoms in total. The van der Waals surface area contributed by atoms with Crippen molar-refractivity contribution in [3.63, 3.8) is 0 Å². The van der Waals surface area contributed by atoms with Gasteiger partial charge in [0, 0.05) is 17.7 Å². The minimum Gasteiger partial charge on any atom is -0.465 e. The molecule has 1 aliphatic carbocycles. The lowest BCUT2D eigenvalue weighted by atomic mass is 9.78. The van der Waals surface area contributed by atoms with E-state index in [9.17, 15) is 22.4 Å². The van der Waals surface area contributed by atoms with Gasteiger partial charge in [-0.1, -0.05) is 0 Å². The van der Waals surface area contributed by atoms with Crippen LogP contribution in [0.15, 0.2) is 22.6 Å². The van der Waals surface area contributed by atoms with Gasteiger partial charge in [0.05, 0.1) is 19.4 Å². The zero-order valence-corrected chi connectivity index (χ0v) is 18.5. The minimum absolute atomic E-state index is 0.000515. The van der Waals surface area contributed by atoms with Crippen LogP contribution in [0.1, 0.15) is 33.9 Å². The van der Waals surface area contributed by atoms with Crippen molar-refractivity contribution >= 4 is 29.1 Å². The SMILES string of the molecule is Cc1cc(OC(F)F)cnc1C(=O)Nc1csc([C@]23COC4(C[C@H]2COC(N)=N3)CC4(F)F)n1. The van der Waals surface area contributed by atoms with Gasteiger partial charge in [-0.15, -0.1) is 11.3 Å². The molecule has 1 unspecified atom stereocenters. The van der Waals surface area contributed by atoms with Crippen LogP contribution < -0.4 is 15.8 Å². The minimum atomic E-state index is -3.01. The number of ether oxygens (including phenoxy) is 3. The fraction of sp³-hybridized carbons (Fsp3) is 0.500. The van der Waals surface area contributed by atoms with Crippen LogP contribution in [0.4, 0.5) is 23.4 Å². The Kier molecular flexibility index (Phi) is 5.20. The predicted molar refractivity (Wildman–Crippen MR) is 111 cm³/mol. The normalized spacial score (nSPS) is 29.2. The Morgan fingerprint density at radius 1 is 1.41 bits per heavy atom. The van der Waals surface area contributed by atoms with Crippen molar-refractivity contribution in [2.24, 2.45) is 16.6 Å². The van der Waals surface area contributed by atoms with E-state index in [4.69, 9.17) is 15.2 Å². The van der Waals surface area contributed by atoms with Gasteiger partial charge in [-0.3, -0.25) is 4.79 Å². The van der Waals surface area contributed by atoms with E-state index >= 15 is 0 Å². The highest BCUT2D eigenvalue weighted by atomic mass is 32.1. The van der Waals surface area contributed by atoms with E-state index in [2.05, 4.69) is 25.0 Å². The molecule has 182 valence electrons. The maximum absolute atomic E-state index is 13.9. The Labute approximate surface area is 194 Å². The third-order valence-corrected chi connectivity index (χ3v) is 7.23. The third-order valence-electron chi connectivity index (χ3n) is 6.22. The van der Waals surface area contributed by atoms with Gasteiger partial charge in [-0.2, -0.15) is 8.78 Å². The number of rotatable bonds is 5. The van der Waals surface area contributed by atoms with Gasteiger partial charge in [0.1, 0.15) is 33.4 Å². The quantitative estimate of drug-likeness (QED) is 0.604. The molecule has 1 saturated heterocycles. The smallest absolute Gasteiger partial charge is 0.387 e. The van der Waals surface area contributed by atoms with E-state index in [1.165, 1.54) is 24.3 Å². The first-order chi connectivity index (χ1) is 16.0. The zero-order chi connectivity index (χ0) is 24.3. The van der Waals surface area contributed by atoms with E-state index in [-0.39, 0.29) is 49.3 Å². The molecule has 3 aliphatic rings. The summed E-state index contributed by atoms with van der Waals surface area (Å²) in [5, 5.41) is 4.60. The van der Waals surface area contributed by atoms with E-state index in [1.807, 2.05) is 0 Å². The molecule has 1 saturated carbocycles. The summed E-state index contributed by atoms with van der Waals surface area (Å²) in [5.41, 5.74) is 3.49. The molecule has 34 heavy (non-hydrogen) atoms. The first-order valence-electron chi connectivity index (χ1n) is 10.2. The summed E-state index contributed by atoms with van der Waals surface area (Å²) in [4.78, 5) is 25.4. The molecule has 1 spiro atoms. The Morgan fingerprint density at radius 3 is 2.85 bits per heavy atom. The zero-order valence-electron chi connectivity index (χ0n) is 17.7. The number of carbonyl (C=O) groups is 1. The number of nitrogens with zero attached hydrogens (tertiary/aromatic N) is 3. The highest BCUT2D eigenvalue weighted by Gasteiger charge is 2.76. The molecule has 3 N–H and O–H groups in total. The van der Waals surface area contributed by atoms with Crippen LogP contribution in [0, 0.1) is 12.8 Å². The Balaban J connectivity index is 1.36. The molecule has 5 rings (SSSR count). The van der Waals surface area contributed by atoms with Crippen LogP contribution in [0.25, 0.3) is 0 Å². The second kappa shape index (κ2) is 7.77. The molecule has 14 heteroatoms. The van der Waals surface area contributed by atoms with Crippen molar-refractivity contribution in [1.29, 1.82) is 0 Å². The van der Waals surface area contributed by atoms with Crippen LogP contribution in [-0.4, -0.2) is 53.2 Å². The molecule has 2 aliphatic heterocycles. The lowest BCUT2D eigenvalue weighted by molar-refractivity contribution is -0.138. The molecule has 0 bridgehead atoms. The van der Waals surface area contributed by atoms with Crippen molar-refractivity contribution in [3.8, 4) is 5.75 Å². The summed E-state index contributed by atoms with van der Waals surface area (Å²) in [7, 11) is 0. The number of halogens is 4. The van der Waals surface area contributed by atoms with Crippen LogP contribution in [0.5, 0.6) is 5.75 Å². The number of carbonyl (C=O) groups excluding carboxylic acids is 1. The number of aryl methyl sites for hydroxylation is 1. The monoisotopic (exact) mass is 501 g/mol. The number of amides is 1. The molecule has 2 fully saturated rings. The maximum atomic E-state index is 13.9. The molecule has 2 aromatic heterocycles. The van der Waals surface area contributed by atoms with Crippen LogP contribution >= 0.6 is 11.3 Å². The molecular formula is C20H19F4N5O4S. The summed E-state index contributed by atoms with van der Waals surface area (Å²) in [5.74, 6) is -3.93. The first kappa shape index (κ1) is 22.8. The number of fused-ring (bicyclic) bond motifs is 1.